The van der Waals surface area contributed by atoms with Crippen molar-refractivity contribution in [2.45, 2.75) is 97.5 Å². The Bertz CT molecular complexity index is 394. The molecule has 0 radical (unpaired) electrons. The third-order valence-corrected chi connectivity index (χ3v) is 3.92. The van der Waals surface area contributed by atoms with Crippen LogP contribution in [-0.4, -0.2) is 37.2 Å². The van der Waals surface area contributed by atoms with Gasteiger partial charge >= 0.3 is 17.9 Å². The first-order valence-electron chi connectivity index (χ1n) is 9.98. The third kappa shape index (κ3) is 15.9. The first-order valence-corrected chi connectivity index (χ1v) is 9.98. The SMILES string of the molecule is CCCCCCCCCC(=O)OCC(COC(C)=O)OC(=O)CCCC. The van der Waals surface area contributed by atoms with Gasteiger partial charge in [0.15, 0.2) is 6.10 Å². The zero-order valence-corrected chi connectivity index (χ0v) is 16.7. The summed E-state index contributed by atoms with van der Waals surface area (Å²) in [7, 11) is 0. The fraction of sp³-hybridized carbons (Fsp3) is 0.850. The third-order valence-electron chi connectivity index (χ3n) is 3.92. The molecule has 0 aromatic rings. The zero-order valence-electron chi connectivity index (χ0n) is 16.7. The van der Waals surface area contributed by atoms with Gasteiger partial charge in [-0.25, -0.2) is 0 Å². The summed E-state index contributed by atoms with van der Waals surface area (Å²) in [4.78, 5) is 34.5. The maximum absolute atomic E-state index is 11.8. The summed E-state index contributed by atoms with van der Waals surface area (Å²) in [6.07, 6.45) is 9.44. The summed E-state index contributed by atoms with van der Waals surface area (Å²) in [6.45, 7) is 5.27. The molecule has 1 unspecified atom stereocenters. The molecule has 26 heavy (non-hydrogen) atoms. The maximum Gasteiger partial charge on any atom is 0.306 e. The lowest BCUT2D eigenvalue weighted by molar-refractivity contribution is -0.166. The van der Waals surface area contributed by atoms with Crippen LogP contribution < -0.4 is 0 Å². The number of hydrogen-bond donors (Lipinski definition) is 0. The molecule has 0 bridgehead atoms. The van der Waals surface area contributed by atoms with Crippen LogP contribution in [0.5, 0.6) is 0 Å². The van der Waals surface area contributed by atoms with Gasteiger partial charge in [-0.15, -0.1) is 0 Å². The van der Waals surface area contributed by atoms with Crippen molar-refractivity contribution < 1.29 is 28.6 Å². The molecule has 0 heterocycles. The molecule has 0 aromatic heterocycles. The number of esters is 3. The van der Waals surface area contributed by atoms with Crippen molar-refractivity contribution in [1.29, 1.82) is 0 Å². The van der Waals surface area contributed by atoms with Crippen molar-refractivity contribution in [2.24, 2.45) is 0 Å². The molecule has 0 aliphatic carbocycles. The van der Waals surface area contributed by atoms with Crippen molar-refractivity contribution in [3.05, 3.63) is 0 Å². The average molecular weight is 373 g/mol. The lowest BCUT2D eigenvalue weighted by Crippen LogP contribution is -2.30. The van der Waals surface area contributed by atoms with Gasteiger partial charge in [0.25, 0.3) is 0 Å². The summed E-state index contributed by atoms with van der Waals surface area (Å²) in [5.41, 5.74) is 0. The lowest BCUT2D eigenvalue weighted by atomic mass is 10.1. The minimum Gasteiger partial charge on any atom is -0.462 e. The molecule has 6 heteroatoms. The molecule has 1 atom stereocenters. The smallest absolute Gasteiger partial charge is 0.306 e. The molecule has 0 N–H and O–H groups in total. The highest BCUT2D eigenvalue weighted by Gasteiger charge is 2.18. The van der Waals surface area contributed by atoms with Crippen LogP contribution in [-0.2, 0) is 28.6 Å². The molecule has 0 saturated heterocycles. The predicted octanol–water partition coefficient (Wildman–Crippen LogP) is 4.34. The second kappa shape index (κ2) is 16.9. The summed E-state index contributed by atoms with van der Waals surface area (Å²) in [6, 6.07) is 0. The molecule has 0 aliphatic heterocycles. The van der Waals surface area contributed by atoms with Crippen molar-refractivity contribution in [2.75, 3.05) is 13.2 Å². The van der Waals surface area contributed by atoms with Gasteiger partial charge in [0.1, 0.15) is 13.2 Å². The van der Waals surface area contributed by atoms with Crippen LogP contribution in [0.2, 0.25) is 0 Å². The quantitative estimate of drug-likeness (QED) is 0.228. The van der Waals surface area contributed by atoms with Crippen LogP contribution >= 0.6 is 0 Å². The van der Waals surface area contributed by atoms with Gasteiger partial charge in [0.05, 0.1) is 0 Å². The first kappa shape index (κ1) is 24.4. The van der Waals surface area contributed by atoms with E-state index in [2.05, 4.69) is 6.92 Å². The van der Waals surface area contributed by atoms with Gasteiger partial charge < -0.3 is 14.2 Å². The van der Waals surface area contributed by atoms with Crippen LogP contribution in [0.3, 0.4) is 0 Å². The van der Waals surface area contributed by atoms with Crippen LogP contribution in [0.15, 0.2) is 0 Å². The maximum atomic E-state index is 11.8. The average Bonchev–Trinajstić information content (AvgIpc) is 2.61. The van der Waals surface area contributed by atoms with Crippen LogP contribution in [0.25, 0.3) is 0 Å². The highest BCUT2D eigenvalue weighted by atomic mass is 16.6. The van der Waals surface area contributed by atoms with E-state index in [1.165, 1.54) is 32.6 Å². The van der Waals surface area contributed by atoms with Gasteiger partial charge in [-0.2, -0.15) is 0 Å². The first-order chi connectivity index (χ1) is 12.5. The lowest BCUT2D eigenvalue weighted by Gasteiger charge is -2.17. The summed E-state index contributed by atoms with van der Waals surface area (Å²) < 4.78 is 15.3. The second-order valence-electron chi connectivity index (χ2n) is 6.57. The number of carbonyl (C=O) groups excluding carboxylic acids is 3. The van der Waals surface area contributed by atoms with Gasteiger partial charge in [0.2, 0.25) is 0 Å². The second-order valence-corrected chi connectivity index (χ2v) is 6.57. The van der Waals surface area contributed by atoms with Crippen molar-refractivity contribution in [1.82, 2.24) is 0 Å². The molecule has 0 saturated carbocycles. The summed E-state index contributed by atoms with van der Waals surface area (Å²) in [5.74, 6) is -1.14. The van der Waals surface area contributed by atoms with Gasteiger partial charge in [0, 0.05) is 19.8 Å². The van der Waals surface area contributed by atoms with Crippen LogP contribution in [0.4, 0.5) is 0 Å². The molecule has 0 aromatic carbocycles. The topological polar surface area (TPSA) is 78.9 Å². The zero-order chi connectivity index (χ0) is 19.6. The molecular formula is C20H36O6. The Morgan fingerprint density at radius 3 is 1.85 bits per heavy atom. The molecule has 6 nitrogen and oxygen atoms in total. The van der Waals surface area contributed by atoms with Gasteiger partial charge in [-0.1, -0.05) is 58.8 Å². The predicted molar refractivity (Wildman–Crippen MR) is 99.6 cm³/mol. The highest BCUT2D eigenvalue weighted by molar-refractivity contribution is 5.70. The molecule has 0 spiro atoms. The van der Waals surface area contributed by atoms with E-state index in [0.29, 0.717) is 12.8 Å². The van der Waals surface area contributed by atoms with Crippen LogP contribution in [0, 0.1) is 0 Å². The molecule has 0 amide bonds. The number of ether oxygens (including phenoxy) is 3. The monoisotopic (exact) mass is 372 g/mol. The van der Waals surface area contributed by atoms with Crippen molar-refractivity contribution >= 4 is 17.9 Å². The minimum atomic E-state index is -0.749. The van der Waals surface area contributed by atoms with Crippen LogP contribution in [0.1, 0.15) is 91.4 Å². The minimum absolute atomic E-state index is 0.0829. The molecule has 0 rings (SSSR count). The van der Waals surface area contributed by atoms with Crippen molar-refractivity contribution in [3.63, 3.8) is 0 Å². The Morgan fingerprint density at radius 2 is 1.23 bits per heavy atom. The Morgan fingerprint density at radius 1 is 0.692 bits per heavy atom. The highest BCUT2D eigenvalue weighted by Crippen LogP contribution is 2.09. The molecule has 0 aliphatic rings. The van der Waals surface area contributed by atoms with E-state index in [0.717, 1.165) is 32.1 Å². The van der Waals surface area contributed by atoms with Gasteiger partial charge in [-0.05, 0) is 12.8 Å². The fourth-order valence-electron chi connectivity index (χ4n) is 2.38. The number of rotatable bonds is 16. The normalized spacial score (nSPS) is 11.7. The Balaban J connectivity index is 4.02. The van der Waals surface area contributed by atoms with E-state index in [1.54, 1.807) is 0 Å². The van der Waals surface area contributed by atoms with E-state index in [1.807, 2.05) is 6.92 Å². The largest absolute Gasteiger partial charge is 0.462 e. The van der Waals surface area contributed by atoms with E-state index in [9.17, 15) is 14.4 Å². The molecule has 152 valence electrons. The summed E-state index contributed by atoms with van der Waals surface area (Å²) in [5, 5.41) is 0. The number of hydrogen-bond acceptors (Lipinski definition) is 6. The Kier molecular flexibility index (Phi) is 15.8. The van der Waals surface area contributed by atoms with E-state index >= 15 is 0 Å². The van der Waals surface area contributed by atoms with Crippen molar-refractivity contribution in [3.8, 4) is 0 Å². The molecular weight excluding hydrogens is 336 g/mol. The fourth-order valence-corrected chi connectivity index (χ4v) is 2.38. The summed E-state index contributed by atoms with van der Waals surface area (Å²) >= 11 is 0. The van der Waals surface area contributed by atoms with Gasteiger partial charge in [-0.3, -0.25) is 14.4 Å². The number of carbonyl (C=O) groups is 3. The van der Waals surface area contributed by atoms with E-state index < -0.39 is 12.1 Å². The van der Waals surface area contributed by atoms with E-state index in [4.69, 9.17) is 14.2 Å². The Labute approximate surface area is 157 Å². The molecule has 0 fully saturated rings. The standard InChI is InChI=1S/C20H36O6/c1-4-6-8-9-10-11-12-14-19(22)25-16-18(15-24-17(3)21)26-20(23)13-7-5-2/h18H,4-16H2,1-3H3. The number of unbranched alkanes of at least 4 members (excludes halogenated alkanes) is 7. The van der Waals surface area contributed by atoms with E-state index in [-0.39, 0.29) is 25.2 Å². The Hall–Kier alpha value is -1.59.